The summed E-state index contributed by atoms with van der Waals surface area (Å²) in [6.07, 6.45) is 3.69. The van der Waals surface area contributed by atoms with Crippen molar-refractivity contribution < 1.29 is 4.79 Å². The van der Waals surface area contributed by atoms with E-state index >= 15 is 0 Å². The maximum atomic E-state index is 13.0. The van der Waals surface area contributed by atoms with Crippen LogP contribution < -0.4 is 5.43 Å². The highest BCUT2D eigenvalue weighted by molar-refractivity contribution is 9.10. The highest BCUT2D eigenvalue weighted by atomic mass is 79.9. The zero-order valence-electron chi connectivity index (χ0n) is 14.9. The number of fused-ring (bicyclic) bond motifs is 3. The number of hydrogen-bond acceptors (Lipinski definition) is 5. The number of rotatable bonds is 2. The van der Waals surface area contributed by atoms with Gasteiger partial charge in [0.2, 0.25) is 0 Å². The van der Waals surface area contributed by atoms with Gasteiger partial charge in [0.25, 0.3) is 5.91 Å². The summed E-state index contributed by atoms with van der Waals surface area (Å²) < 4.78 is 2.12. The van der Waals surface area contributed by atoms with Crippen LogP contribution in [0.4, 0.5) is 5.69 Å². The Morgan fingerprint density at radius 1 is 1.25 bits per heavy atom. The highest BCUT2D eigenvalue weighted by Gasteiger charge is 2.36. The third-order valence-electron chi connectivity index (χ3n) is 5.07. The minimum Gasteiger partial charge on any atom is -0.328 e. The molecule has 0 saturated carbocycles. The zero-order valence-corrected chi connectivity index (χ0v) is 17.3. The third kappa shape index (κ3) is 3.14. The van der Waals surface area contributed by atoms with E-state index in [1.54, 1.807) is 11.3 Å². The number of carbonyl (C=O) groups is 1. The Balaban J connectivity index is 1.45. The van der Waals surface area contributed by atoms with E-state index < -0.39 is 0 Å². The fraction of sp³-hybridized carbons (Fsp3) is 0.190. The molecule has 28 heavy (non-hydrogen) atoms. The minimum atomic E-state index is -0.0572. The molecule has 140 valence electrons. The number of halogens is 1. The van der Waals surface area contributed by atoms with Gasteiger partial charge >= 0.3 is 0 Å². The molecule has 0 bridgehead atoms. The lowest BCUT2D eigenvalue weighted by atomic mass is 10.1. The molecule has 0 aliphatic carbocycles. The maximum Gasteiger partial charge on any atom is 0.256 e. The highest BCUT2D eigenvalue weighted by Crippen LogP contribution is 2.32. The molecule has 1 unspecified atom stereocenters. The number of thiophene rings is 1. The molecule has 1 atom stereocenters. The zero-order chi connectivity index (χ0) is 19.1. The number of carbonyl (C=O) groups excluding carboxylic acids is 1. The van der Waals surface area contributed by atoms with Crippen molar-refractivity contribution in [1.82, 2.24) is 10.3 Å². The van der Waals surface area contributed by atoms with Crippen LogP contribution in [0.3, 0.4) is 0 Å². The Bertz CT molecular complexity index is 1100. The number of aliphatic imine (C=N–C) groups is 1. The van der Waals surface area contributed by atoms with Crippen LogP contribution in [0, 0.1) is 0 Å². The monoisotopic (exact) mass is 452 g/mol. The van der Waals surface area contributed by atoms with Crippen molar-refractivity contribution in [1.29, 1.82) is 0 Å². The smallest absolute Gasteiger partial charge is 0.256 e. The van der Waals surface area contributed by atoms with Gasteiger partial charge in [0.15, 0.2) is 0 Å². The van der Waals surface area contributed by atoms with Gasteiger partial charge in [-0.25, -0.2) is 4.99 Å². The second-order valence-electron chi connectivity index (χ2n) is 6.87. The van der Waals surface area contributed by atoms with Crippen LogP contribution in [0.25, 0.3) is 10.1 Å². The van der Waals surface area contributed by atoms with Gasteiger partial charge in [0, 0.05) is 20.6 Å². The van der Waals surface area contributed by atoms with Gasteiger partial charge in [-0.05, 0) is 48.6 Å². The largest absolute Gasteiger partial charge is 0.328 e. The molecule has 5 rings (SSSR count). The molecule has 7 heteroatoms. The van der Waals surface area contributed by atoms with Crippen molar-refractivity contribution >= 4 is 61.0 Å². The van der Waals surface area contributed by atoms with Crippen LogP contribution in [-0.2, 0) is 0 Å². The Morgan fingerprint density at radius 2 is 2.14 bits per heavy atom. The van der Waals surface area contributed by atoms with Crippen molar-refractivity contribution in [3.8, 4) is 0 Å². The van der Waals surface area contributed by atoms with Gasteiger partial charge in [-0.1, -0.05) is 34.1 Å². The quantitative estimate of drug-likeness (QED) is 0.442. The average Bonchev–Trinajstić information content (AvgIpc) is 3.32. The normalized spacial score (nSPS) is 18.9. The molecular formula is C21H17BrN4OS. The molecule has 3 aromatic rings. The first kappa shape index (κ1) is 17.6. The van der Waals surface area contributed by atoms with Gasteiger partial charge in [0.1, 0.15) is 5.84 Å². The Morgan fingerprint density at radius 3 is 3.04 bits per heavy atom. The lowest BCUT2D eigenvalue weighted by Crippen LogP contribution is -2.43. The number of benzene rings is 2. The number of hydrazone groups is 1. The number of amidine groups is 1. The van der Waals surface area contributed by atoms with Crippen LogP contribution in [-0.4, -0.2) is 35.4 Å². The fourth-order valence-electron chi connectivity index (χ4n) is 3.76. The van der Waals surface area contributed by atoms with E-state index in [-0.39, 0.29) is 11.9 Å². The van der Waals surface area contributed by atoms with Gasteiger partial charge in [0.05, 0.1) is 23.5 Å². The predicted octanol–water partition coefficient (Wildman–Crippen LogP) is 4.94. The first-order valence-corrected chi connectivity index (χ1v) is 10.8. The first-order valence-electron chi connectivity index (χ1n) is 9.16. The van der Waals surface area contributed by atoms with Crippen LogP contribution in [0.15, 0.2) is 63.1 Å². The van der Waals surface area contributed by atoms with E-state index in [9.17, 15) is 4.79 Å². The molecule has 5 nitrogen and oxygen atoms in total. The Hall–Kier alpha value is -2.51. The molecule has 1 aromatic heterocycles. The summed E-state index contributed by atoms with van der Waals surface area (Å²) in [4.78, 5) is 20.7. The molecule has 1 N–H and O–H groups in total. The predicted molar refractivity (Wildman–Crippen MR) is 118 cm³/mol. The molecule has 1 amide bonds. The molecule has 0 radical (unpaired) electrons. The molecule has 2 aliphatic heterocycles. The summed E-state index contributed by atoms with van der Waals surface area (Å²) >= 11 is 5.16. The number of nitrogens with one attached hydrogen (secondary N) is 1. The third-order valence-corrected chi connectivity index (χ3v) is 6.62. The lowest BCUT2D eigenvalue weighted by Gasteiger charge is -2.23. The van der Waals surface area contributed by atoms with E-state index in [1.165, 1.54) is 10.1 Å². The maximum absolute atomic E-state index is 13.0. The first-order chi connectivity index (χ1) is 13.7. The van der Waals surface area contributed by atoms with Crippen molar-refractivity contribution in [2.45, 2.75) is 18.9 Å². The molecule has 1 saturated heterocycles. The van der Waals surface area contributed by atoms with Gasteiger partial charge in [-0.3, -0.25) is 10.2 Å². The standard InChI is InChI=1S/C21H17BrN4OS/c22-14-7-8-17-16(11-14)21(27)26-9-3-5-18(26)20(24-17)25-23-12-15-10-13-4-1-2-6-19(13)28-15/h1-2,4,6-8,10-12,18H,3,5,9H2,(H,24,25)/b23-12+. The molecule has 0 spiro atoms. The topological polar surface area (TPSA) is 57.1 Å². The summed E-state index contributed by atoms with van der Waals surface area (Å²) in [5.41, 5.74) is 4.44. The van der Waals surface area contributed by atoms with E-state index in [1.807, 2.05) is 41.4 Å². The van der Waals surface area contributed by atoms with Crippen molar-refractivity contribution in [2.24, 2.45) is 10.1 Å². The van der Waals surface area contributed by atoms with Crippen LogP contribution >= 0.6 is 27.3 Å². The van der Waals surface area contributed by atoms with Crippen molar-refractivity contribution in [3.63, 3.8) is 0 Å². The summed E-state index contributed by atoms with van der Waals surface area (Å²) in [7, 11) is 0. The Labute approximate surface area is 174 Å². The number of nitrogens with zero attached hydrogens (tertiary/aromatic N) is 3. The summed E-state index contributed by atoms with van der Waals surface area (Å²) in [5.74, 6) is 0.761. The molecule has 2 aliphatic rings. The van der Waals surface area contributed by atoms with E-state index in [4.69, 9.17) is 4.99 Å². The van der Waals surface area contributed by atoms with Crippen molar-refractivity contribution in [2.75, 3.05) is 6.54 Å². The van der Waals surface area contributed by atoms with Gasteiger partial charge in [-0.2, -0.15) is 5.10 Å². The molecular weight excluding hydrogens is 436 g/mol. The van der Waals surface area contributed by atoms with Crippen LogP contribution in [0.1, 0.15) is 28.1 Å². The second kappa shape index (κ2) is 7.14. The van der Waals surface area contributed by atoms with E-state index in [0.717, 1.165) is 34.6 Å². The van der Waals surface area contributed by atoms with E-state index in [2.05, 4.69) is 44.7 Å². The second-order valence-corrected chi connectivity index (χ2v) is 8.90. The summed E-state index contributed by atoms with van der Waals surface area (Å²) in [6.45, 7) is 0.746. The van der Waals surface area contributed by atoms with Gasteiger partial charge < -0.3 is 4.90 Å². The lowest BCUT2D eigenvalue weighted by molar-refractivity contribution is 0.0771. The van der Waals surface area contributed by atoms with Crippen LogP contribution in [0.2, 0.25) is 0 Å². The SMILES string of the molecule is O=C1c2cc(Br)ccc2N=C(N/N=C/c2cc3ccccc3s2)C2CCCN12. The molecule has 2 aromatic carbocycles. The van der Waals surface area contributed by atoms with Crippen LogP contribution in [0.5, 0.6) is 0 Å². The Kier molecular flexibility index (Phi) is 4.49. The summed E-state index contributed by atoms with van der Waals surface area (Å²) in [6, 6.07) is 16.0. The fourth-order valence-corrected chi connectivity index (χ4v) is 5.06. The van der Waals surface area contributed by atoms with Crippen molar-refractivity contribution in [3.05, 3.63) is 63.4 Å². The number of hydrogen-bond donors (Lipinski definition) is 1. The average molecular weight is 453 g/mol. The van der Waals surface area contributed by atoms with E-state index in [0.29, 0.717) is 11.3 Å². The number of amides is 1. The molecule has 1 fully saturated rings. The minimum absolute atomic E-state index is 0.0350. The molecule has 3 heterocycles. The summed E-state index contributed by atoms with van der Waals surface area (Å²) in [5, 5.41) is 5.65. The van der Waals surface area contributed by atoms with Gasteiger partial charge in [-0.15, -0.1) is 11.3 Å².